The van der Waals surface area contributed by atoms with Crippen molar-refractivity contribution in [2.45, 2.75) is 42.8 Å². The molecule has 2 aromatic carbocycles. The lowest BCUT2D eigenvalue weighted by Gasteiger charge is -2.34. The van der Waals surface area contributed by atoms with E-state index >= 15 is 0 Å². The van der Waals surface area contributed by atoms with Gasteiger partial charge in [0.05, 0.1) is 17.7 Å². The van der Waals surface area contributed by atoms with Crippen molar-refractivity contribution in [2.24, 2.45) is 5.41 Å². The molecule has 0 amide bonds. The summed E-state index contributed by atoms with van der Waals surface area (Å²) in [6, 6.07) is 9.30. The van der Waals surface area contributed by atoms with Gasteiger partial charge in [-0.1, -0.05) is 12.0 Å². The number of nitrogens with one attached hydrogen (secondary N) is 1. The highest BCUT2D eigenvalue weighted by molar-refractivity contribution is 7.98. The number of rotatable bonds is 8. The van der Waals surface area contributed by atoms with Gasteiger partial charge >= 0.3 is 6.01 Å². The average Bonchev–Trinajstić information content (AvgIpc) is 3.67. The molecule has 7 rings (SSSR count). The van der Waals surface area contributed by atoms with Crippen LogP contribution in [-0.4, -0.2) is 83.6 Å². The largest absolute Gasteiger partial charge is 0.508 e. The average molecular weight is 599 g/mol. The Morgan fingerprint density at radius 3 is 2.58 bits per heavy atom. The van der Waals surface area contributed by atoms with Crippen LogP contribution < -0.4 is 15.0 Å². The fraction of sp³-hybridized carbons (Fsp3) is 0.424. The zero-order valence-corrected chi connectivity index (χ0v) is 25.5. The van der Waals surface area contributed by atoms with E-state index in [1.54, 1.807) is 18.2 Å². The minimum atomic E-state index is -0.484. The Kier molecular flexibility index (Phi) is 7.07. The number of benzene rings is 2. The van der Waals surface area contributed by atoms with Crippen LogP contribution in [0.2, 0.25) is 0 Å². The molecular formula is C33H35FN6O2S. The lowest BCUT2D eigenvalue weighted by atomic mass is 9.94. The molecule has 2 aliphatic heterocycles. The molecule has 1 saturated carbocycles. The number of fused-ring (bicyclic) bond motifs is 4. The highest BCUT2D eigenvalue weighted by atomic mass is 32.2. The first-order valence-electron chi connectivity index (χ1n) is 14.7. The number of aromatic nitrogens is 3. The van der Waals surface area contributed by atoms with E-state index in [1.807, 2.05) is 12.3 Å². The summed E-state index contributed by atoms with van der Waals surface area (Å²) in [6.45, 7) is 3.18. The van der Waals surface area contributed by atoms with Gasteiger partial charge in [-0.25, -0.2) is 9.37 Å². The Balaban J connectivity index is 1.40. The maximum Gasteiger partial charge on any atom is 0.319 e. The van der Waals surface area contributed by atoms with Crippen LogP contribution in [0.3, 0.4) is 0 Å². The van der Waals surface area contributed by atoms with Crippen molar-refractivity contribution in [3.05, 3.63) is 41.7 Å². The number of piperazine rings is 1. The summed E-state index contributed by atoms with van der Waals surface area (Å²) in [4.78, 5) is 19.5. The van der Waals surface area contributed by atoms with Gasteiger partial charge in [0.1, 0.15) is 22.1 Å². The van der Waals surface area contributed by atoms with E-state index in [4.69, 9.17) is 26.1 Å². The molecule has 2 bridgehead atoms. The Hall–Kier alpha value is -3.65. The standard InChI is InChI=1S/C33H35FN6O2S/c1-5-23-26(34)9-6-19-12-22(41)13-24(28(19)23)25-14-27-29(37-31(25)43-4)30(40-15-20-7-8-21(16-40)35-20)38-32(36-27)42-18-33(10-11-33)17-39(2)3/h1,6,9,12-14,20-21,35,41H,7-8,10-11,15-18H2,2-4H3. The molecule has 2 aromatic heterocycles. The third-order valence-electron chi connectivity index (χ3n) is 8.91. The number of hydrogen-bond donors (Lipinski definition) is 2. The number of hydrogen-bond acceptors (Lipinski definition) is 9. The molecule has 4 heterocycles. The summed E-state index contributed by atoms with van der Waals surface area (Å²) < 4.78 is 21.3. The van der Waals surface area contributed by atoms with Crippen molar-refractivity contribution in [3.8, 4) is 35.2 Å². The molecule has 222 valence electrons. The summed E-state index contributed by atoms with van der Waals surface area (Å²) in [5, 5.41) is 16.3. The molecule has 0 radical (unpaired) electrons. The van der Waals surface area contributed by atoms with Gasteiger partial charge in [0.15, 0.2) is 5.82 Å². The van der Waals surface area contributed by atoms with E-state index in [1.165, 1.54) is 17.8 Å². The minimum Gasteiger partial charge on any atom is -0.508 e. The number of anilines is 1. The first kappa shape index (κ1) is 28.1. The third kappa shape index (κ3) is 5.24. The van der Waals surface area contributed by atoms with Gasteiger partial charge in [-0.3, -0.25) is 0 Å². The fourth-order valence-corrected chi connectivity index (χ4v) is 7.37. The number of phenols is 1. The monoisotopic (exact) mass is 598 g/mol. The number of halogens is 1. The number of pyridine rings is 1. The summed E-state index contributed by atoms with van der Waals surface area (Å²) in [7, 11) is 4.17. The van der Waals surface area contributed by atoms with Crippen LogP contribution in [0, 0.1) is 23.6 Å². The number of terminal acetylenes is 1. The van der Waals surface area contributed by atoms with Crippen molar-refractivity contribution in [2.75, 3.05) is 51.5 Å². The summed E-state index contributed by atoms with van der Waals surface area (Å²) in [5.74, 6) is 2.87. The Morgan fingerprint density at radius 2 is 1.91 bits per heavy atom. The molecule has 10 heteroatoms. The molecule has 3 aliphatic rings. The maximum absolute atomic E-state index is 14.9. The first-order valence-corrected chi connectivity index (χ1v) is 16.0. The van der Waals surface area contributed by atoms with E-state index in [0.29, 0.717) is 62.7 Å². The van der Waals surface area contributed by atoms with E-state index in [9.17, 15) is 9.50 Å². The second kappa shape index (κ2) is 10.8. The van der Waals surface area contributed by atoms with Crippen LogP contribution >= 0.6 is 11.8 Å². The van der Waals surface area contributed by atoms with Crippen molar-refractivity contribution >= 4 is 39.4 Å². The summed E-state index contributed by atoms with van der Waals surface area (Å²) in [5.41, 5.74) is 2.92. The van der Waals surface area contributed by atoms with Crippen LogP contribution in [0.15, 0.2) is 35.4 Å². The lowest BCUT2D eigenvalue weighted by Crippen LogP contribution is -2.51. The molecule has 4 aromatic rings. The molecule has 0 spiro atoms. The number of thioether (sulfide) groups is 1. The third-order valence-corrected chi connectivity index (χ3v) is 9.61. The molecule has 2 saturated heterocycles. The van der Waals surface area contributed by atoms with Crippen molar-refractivity contribution in [1.82, 2.24) is 25.2 Å². The van der Waals surface area contributed by atoms with E-state index in [2.05, 4.69) is 35.1 Å². The fourth-order valence-electron chi connectivity index (χ4n) is 6.80. The number of phenolic OH excluding ortho intramolecular Hbond substituents is 1. The predicted octanol–water partition coefficient (Wildman–Crippen LogP) is 5.05. The quantitative estimate of drug-likeness (QED) is 0.214. The molecule has 3 fully saturated rings. The van der Waals surface area contributed by atoms with Gasteiger partial charge in [0, 0.05) is 48.1 Å². The summed E-state index contributed by atoms with van der Waals surface area (Å²) in [6.07, 6.45) is 12.3. The van der Waals surface area contributed by atoms with Crippen LogP contribution in [0.25, 0.3) is 32.9 Å². The van der Waals surface area contributed by atoms with Gasteiger partial charge in [-0.05, 0) is 81.2 Å². The van der Waals surface area contributed by atoms with E-state index < -0.39 is 5.82 Å². The molecule has 2 atom stereocenters. The normalized spacial score (nSPS) is 20.6. The number of ether oxygens (including phenoxy) is 1. The van der Waals surface area contributed by atoms with Crippen molar-refractivity contribution < 1.29 is 14.2 Å². The highest BCUT2D eigenvalue weighted by Crippen LogP contribution is 2.46. The number of nitrogens with zero attached hydrogens (tertiary/aromatic N) is 5. The maximum atomic E-state index is 14.9. The highest BCUT2D eigenvalue weighted by Gasteiger charge is 2.44. The Morgan fingerprint density at radius 1 is 1.14 bits per heavy atom. The zero-order valence-electron chi connectivity index (χ0n) is 24.7. The van der Waals surface area contributed by atoms with Crippen LogP contribution in [0.4, 0.5) is 10.2 Å². The second-order valence-corrected chi connectivity index (χ2v) is 13.3. The first-order chi connectivity index (χ1) is 20.8. The molecule has 2 unspecified atom stereocenters. The molecule has 2 N–H and O–H groups in total. The Labute approximate surface area is 255 Å². The van der Waals surface area contributed by atoms with Gasteiger partial charge < -0.3 is 25.0 Å². The van der Waals surface area contributed by atoms with Gasteiger partial charge in [0.25, 0.3) is 0 Å². The zero-order chi connectivity index (χ0) is 29.9. The van der Waals surface area contributed by atoms with Crippen LogP contribution in [0.1, 0.15) is 31.2 Å². The Bertz CT molecular complexity index is 1770. The van der Waals surface area contributed by atoms with E-state index in [0.717, 1.165) is 51.1 Å². The number of aromatic hydroxyl groups is 1. The van der Waals surface area contributed by atoms with Gasteiger partial charge in [-0.15, -0.1) is 18.2 Å². The minimum absolute atomic E-state index is 0.0588. The lowest BCUT2D eigenvalue weighted by molar-refractivity contribution is 0.183. The molecule has 1 aliphatic carbocycles. The van der Waals surface area contributed by atoms with Gasteiger partial charge in [-0.2, -0.15) is 9.97 Å². The smallest absolute Gasteiger partial charge is 0.319 e. The van der Waals surface area contributed by atoms with Crippen molar-refractivity contribution in [3.63, 3.8) is 0 Å². The van der Waals surface area contributed by atoms with E-state index in [-0.39, 0.29) is 16.7 Å². The topological polar surface area (TPSA) is 86.6 Å². The predicted molar refractivity (Wildman–Crippen MR) is 169 cm³/mol. The SMILES string of the molecule is C#Cc1c(F)ccc2cc(O)cc(-c3cc4nc(OCC5(CN(C)C)CC5)nc(N5CC6CCC(C5)N6)c4nc3SC)c12. The van der Waals surface area contributed by atoms with Crippen LogP contribution in [0.5, 0.6) is 11.8 Å². The second-order valence-electron chi connectivity index (χ2n) is 12.5. The van der Waals surface area contributed by atoms with Crippen molar-refractivity contribution in [1.29, 1.82) is 0 Å². The van der Waals surface area contributed by atoms with Crippen LogP contribution in [-0.2, 0) is 0 Å². The summed E-state index contributed by atoms with van der Waals surface area (Å²) >= 11 is 1.48. The molecule has 43 heavy (non-hydrogen) atoms. The molecular weight excluding hydrogens is 563 g/mol. The van der Waals surface area contributed by atoms with Gasteiger partial charge in [0.2, 0.25) is 0 Å². The molecule has 8 nitrogen and oxygen atoms in total.